The summed E-state index contributed by atoms with van der Waals surface area (Å²) in [7, 11) is 0. The van der Waals surface area contributed by atoms with Crippen molar-refractivity contribution < 1.29 is 19.5 Å². The summed E-state index contributed by atoms with van der Waals surface area (Å²) in [5.41, 5.74) is 0.836. The van der Waals surface area contributed by atoms with Crippen LogP contribution in [0.4, 0.5) is 0 Å². The molecule has 0 aromatic carbocycles. The summed E-state index contributed by atoms with van der Waals surface area (Å²) in [4.78, 5) is 34.1. The quantitative estimate of drug-likeness (QED) is 0.785. The molecule has 0 saturated heterocycles. The van der Waals surface area contributed by atoms with E-state index in [0.29, 0.717) is 24.0 Å². The van der Waals surface area contributed by atoms with E-state index in [-0.39, 0.29) is 17.3 Å². The number of rotatable bonds is 3. The molecule has 3 aliphatic rings. The summed E-state index contributed by atoms with van der Waals surface area (Å²) in [6, 6.07) is 0. The van der Waals surface area contributed by atoms with Crippen molar-refractivity contribution in [1.82, 2.24) is 0 Å². The van der Waals surface area contributed by atoms with E-state index in [1.54, 1.807) is 6.08 Å². The van der Waals surface area contributed by atoms with Gasteiger partial charge in [0.2, 0.25) is 0 Å². The highest BCUT2D eigenvalue weighted by Gasteiger charge is 2.73. The Morgan fingerprint density at radius 2 is 2.16 bits per heavy atom. The van der Waals surface area contributed by atoms with Crippen LogP contribution < -0.4 is 0 Å². The minimum atomic E-state index is -0.908. The van der Waals surface area contributed by atoms with E-state index >= 15 is 0 Å². The van der Waals surface area contributed by atoms with Crippen molar-refractivity contribution in [2.75, 3.05) is 0 Å². The predicted octanol–water partition coefficient (Wildman–Crippen LogP) is 1.76. The van der Waals surface area contributed by atoms with Crippen LogP contribution in [0.1, 0.15) is 26.7 Å². The average molecular weight is 260 g/mol. The first-order valence-electron chi connectivity index (χ1n) is 6.48. The first-order chi connectivity index (χ1) is 8.91. The molecule has 1 saturated carbocycles. The third kappa shape index (κ3) is 1.22. The van der Waals surface area contributed by atoms with E-state index in [9.17, 15) is 19.5 Å². The Hall–Kier alpha value is -1.71. The van der Waals surface area contributed by atoms with E-state index < -0.39 is 11.4 Å². The monoisotopic (exact) mass is 260 g/mol. The zero-order chi connectivity index (χ0) is 14.0. The predicted molar refractivity (Wildman–Crippen MR) is 67.3 cm³/mol. The van der Waals surface area contributed by atoms with Gasteiger partial charge in [0.25, 0.3) is 0 Å². The number of carboxylic acids is 1. The van der Waals surface area contributed by atoms with Gasteiger partial charge in [0.05, 0.1) is 5.41 Å². The highest BCUT2D eigenvalue weighted by atomic mass is 16.4. The second-order valence-electron chi connectivity index (χ2n) is 6.26. The van der Waals surface area contributed by atoms with Crippen molar-refractivity contribution in [2.24, 2.45) is 22.7 Å². The average Bonchev–Trinajstić information content (AvgIpc) is 2.85. The fraction of sp³-hybridized carbons (Fsp3) is 0.533. The molecular weight excluding hydrogens is 244 g/mol. The lowest BCUT2D eigenvalue weighted by Gasteiger charge is -2.34. The summed E-state index contributed by atoms with van der Waals surface area (Å²) < 4.78 is 0. The van der Waals surface area contributed by atoms with E-state index in [2.05, 4.69) is 0 Å². The molecule has 0 spiro atoms. The van der Waals surface area contributed by atoms with Crippen LogP contribution in [0, 0.1) is 22.7 Å². The first kappa shape index (κ1) is 12.3. The molecule has 4 atom stereocenters. The molecule has 3 aliphatic carbocycles. The number of aldehydes is 2. The van der Waals surface area contributed by atoms with Crippen LogP contribution in [0.3, 0.4) is 0 Å². The standard InChI is InChI=1S/C15H16O4/c1-8-3-11-10(12(8)13(18)19)4-9(5-16)15(7-17)6-14(11,15)2/h4-5,7,10-11H,3,6H2,1-2H3,(H,18,19)/t10-,11-,14+,15+/m0/s1. The maximum atomic E-state index is 11.5. The Morgan fingerprint density at radius 3 is 2.68 bits per heavy atom. The van der Waals surface area contributed by atoms with E-state index in [1.165, 1.54) is 0 Å². The van der Waals surface area contributed by atoms with Gasteiger partial charge in [-0.3, -0.25) is 4.79 Å². The van der Waals surface area contributed by atoms with Gasteiger partial charge in [0.1, 0.15) is 12.6 Å². The Labute approximate surface area is 111 Å². The van der Waals surface area contributed by atoms with Gasteiger partial charge < -0.3 is 9.90 Å². The van der Waals surface area contributed by atoms with Crippen molar-refractivity contribution in [1.29, 1.82) is 0 Å². The van der Waals surface area contributed by atoms with Crippen molar-refractivity contribution in [3.8, 4) is 0 Å². The van der Waals surface area contributed by atoms with Crippen LogP contribution in [0.25, 0.3) is 0 Å². The van der Waals surface area contributed by atoms with Crippen LogP contribution in [0.5, 0.6) is 0 Å². The van der Waals surface area contributed by atoms with Crippen molar-refractivity contribution in [2.45, 2.75) is 26.7 Å². The summed E-state index contributed by atoms with van der Waals surface area (Å²) in [5.74, 6) is -1.000. The molecule has 19 heavy (non-hydrogen) atoms. The zero-order valence-corrected chi connectivity index (χ0v) is 11.0. The molecule has 0 radical (unpaired) electrons. The third-order valence-electron chi connectivity index (χ3n) is 5.54. The zero-order valence-electron chi connectivity index (χ0n) is 11.0. The Bertz CT molecular complexity index is 571. The number of carbonyl (C=O) groups excluding carboxylic acids is 2. The number of hydrogen-bond donors (Lipinski definition) is 1. The molecule has 0 aromatic heterocycles. The summed E-state index contributed by atoms with van der Waals surface area (Å²) in [6.07, 6.45) is 4.71. The van der Waals surface area contributed by atoms with Gasteiger partial charge in [0, 0.05) is 17.1 Å². The number of aliphatic carboxylic acids is 1. The Kier molecular flexibility index (Phi) is 2.23. The molecule has 4 heteroatoms. The third-order valence-corrected chi connectivity index (χ3v) is 5.54. The number of carbonyl (C=O) groups is 3. The summed E-state index contributed by atoms with van der Waals surface area (Å²) >= 11 is 0. The van der Waals surface area contributed by atoms with Gasteiger partial charge in [-0.1, -0.05) is 18.6 Å². The van der Waals surface area contributed by atoms with Crippen LogP contribution in [0.15, 0.2) is 22.8 Å². The minimum Gasteiger partial charge on any atom is -0.478 e. The topological polar surface area (TPSA) is 71.4 Å². The lowest BCUT2D eigenvalue weighted by molar-refractivity contribution is -0.133. The van der Waals surface area contributed by atoms with Crippen LogP contribution in [0.2, 0.25) is 0 Å². The Balaban J connectivity index is 2.14. The normalized spacial score (nSPS) is 43.2. The SMILES string of the molecule is CC1=C(C(=O)O)[C@H]2C=C(C=O)[C@]3(C=O)C[C@]3(C)[C@H]2C1. The van der Waals surface area contributed by atoms with Gasteiger partial charge in [-0.25, -0.2) is 4.79 Å². The molecule has 0 aromatic rings. The molecule has 4 nitrogen and oxygen atoms in total. The highest BCUT2D eigenvalue weighted by molar-refractivity contribution is 5.93. The molecule has 0 unspecified atom stereocenters. The molecule has 0 heterocycles. The highest BCUT2D eigenvalue weighted by Crippen LogP contribution is 2.75. The lowest BCUT2D eigenvalue weighted by atomic mass is 9.68. The van der Waals surface area contributed by atoms with E-state index in [1.807, 2.05) is 13.8 Å². The molecule has 3 rings (SSSR count). The fourth-order valence-corrected chi connectivity index (χ4v) is 4.36. The van der Waals surface area contributed by atoms with E-state index in [0.717, 1.165) is 18.1 Å². The van der Waals surface area contributed by atoms with Crippen LogP contribution in [-0.2, 0) is 14.4 Å². The molecule has 0 aliphatic heterocycles. The van der Waals surface area contributed by atoms with Gasteiger partial charge in [-0.15, -0.1) is 0 Å². The maximum absolute atomic E-state index is 11.5. The first-order valence-corrected chi connectivity index (χ1v) is 6.48. The van der Waals surface area contributed by atoms with Crippen LogP contribution >= 0.6 is 0 Å². The van der Waals surface area contributed by atoms with Gasteiger partial charge >= 0.3 is 5.97 Å². The molecular formula is C15H16O4. The summed E-state index contributed by atoms with van der Waals surface area (Å²) in [6.45, 7) is 3.85. The molecule has 1 N–H and O–H groups in total. The van der Waals surface area contributed by atoms with Gasteiger partial charge in [0.15, 0.2) is 0 Å². The van der Waals surface area contributed by atoms with Crippen LogP contribution in [-0.4, -0.2) is 23.6 Å². The molecule has 0 amide bonds. The van der Waals surface area contributed by atoms with Crippen molar-refractivity contribution in [3.05, 3.63) is 22.8 Å². The van der Waals surface area contributed by atoms with E-state index in [4.69, 9.17) is 0 Å². The second kappa shape index (κ2) is 3.44. The number of allylic oxidation sites excluding steroid dienone is 3. The number of hydrogen-bond acceptors (Lipinski definition) is 3. The number of fused-ring (bicyclic) bond motifs is 3. The minimum absolute atomic E-state index is 0.132. The lowest BCUT2D eigenvalue weighted by Crippen LogP contribution is -2.33. The summed E-state index contributed by atoms with van der Waals surface area (Å²) in [5, 5.41) is 9.34. The maximum Gasteiger partial charge on any atom is 0.332 e. The number of carboxylic acid groups (broad SMARTS) is 1. The van der Waals surface area contributed by atoms with Crippen molar-refractivity contribution in [3.63, 3.8) is 0 Å². The van der Waals surface area contributed by atoms with Gasteiger partial charge in [-0.2, -0.15) is 0 Å². The molecule has 100 valence electrons. The fourth-order valence-electron chi connectivity index (χ4n) is 4.36. The second-order valence-corrected chi connectivity index (χ2v) is 6.26. The molecule has 0 bridgehead atoms. The van der Waals surface area contributed by atoms with Crippen molar-refractivity contribution >= 4 is 18.5 Å². The van der Waals surface area contributed by atoms with Gasteiger partial charge in [-0.05, 0) is 31.1 Å². The molecule has 1 fully saturated rings. The Morgan fingerprint density at radius 1 is 1.47 bits per heavy atom. The largest absolute Gasteiger partial charge is 0.478 e. The smallest absolute Gasteiger partial charge is 0.332 e.